The molecule has 0 spiro atoms. The maximum absolute atomic E-state index is 12.4. The van der Waals surface area contributed by atoms with E-state index in [1.807, 2.05) is 12.1 Å². The summed E-state index contributed by atoms with van der Waals surface area (Å²) < 4.78 is 0. The smallest absolute Gasteiger partial charge is 0.227 e. The molecule has 0 fully saturated rings. The fourth-order valence-electron chi connectivity index (χ4n) is 2.84. The highest BCUT2D eigenvalue weighted by Gasteiger charge is 2.19. The number of hydrogen-bond acceptors (Lipinski definition) is 2. The number of anilines is 1. The standard InChI is InChI=1S/C17H26N2O/c1-3-5-7-13(4-2)17(20)19-16-9-6-8-14-10-11-18-12-15(14)16/h6,8-9,13,18H,3-5,7,10-12H2,1-2H3,(H,19,20). The van der Waals surface area contributed by atoms with Gasteiger partial charge in [0.25, 0.3) is 0 Å². The Balaban J connectivity index is 2.07. The van der Waals surface area contributed by atoms with Crippen LogP contribution < -0.4 is 10.6 Å². The van der Waals surface area contributed by atoms with Crippen molar-refractivity contribution >= 4 is 11.6 Å². The van der Waals surface area contributed by atoms with Crippen LogP contribution in [-0.2, 0) is 17.8 Å². The summed E-state index contributed by atoms with van der Waals surface area (Å²) in [5.41, 5.74) is 3.62. The van der Waals surface area contributed by atoms with Gasteiger partial charge in [0.15, 0.2) is 0 Å². The first kappa shape index (κ1) is 15.0. The lowest BCUT2D eigenvalue weighted by molar-refractivity contribution is -0.120. The van der Waals surface area contributed by atoms with Crippen LogP contribution in [0.2, 0.25) is 0 Å². The maximum atomic E-state index is 12.4. The lowest BCUT2D eigenvalue weighted by Crippen LogP contribution is -2.27. The molecule has 1 amide bonds. The van der Waals surface area contributed by atoms with Gasteiger partial charge >= 0.3 is 0 Å². The summed E-state index contributed by atoms with van der Waals surface area (Å²) in [5, 5.41) is 6.53. The Bertz CT molecular complexity index is 456. The number of fused-ring (bicyclic) bond motifs is 1. The molecule has 1 aromatic carbocycles. The Labute approximate surface area is 122 Å². The van der Waals surface area contributed by atoms with E-state index in [0.29, 0.717) is 0 Å². The monoisotopic (exact) mass is 274 g/mol. The number of carbonyl (C=O) groups is 1. The van der Waals surface area contributed by atoms with E-state index in [2.05, 4.69) is 30.5 Å². The van der Waals surface area contributed by atoms with Gasteiger partial charge < -0.3 is 10.6 Å². The second-order valence-electron chi connectivity index (χ2n) is 5.61. The predicted molar refractivity (Wildman–Crippen MR) is 83.8 cm³/mol. The second kappa shape index (κ2) is 7.44. The average Bonchev–Trinajstić information content (AvgIpc) is 2.48. The molecule has 2 rings (SSSR count). The molecule has 1 aliphatic heterocycles. The molecular formula is C17H26N2O. The van der Waals surface area contributed by atoms with Crippen molar-refractivity contribution < 1.29 is 4.79 Å². The van der Waals surface area contributed by atoms with Gasteiger partial charge in [-0.1, -0.05) is 38.8 Å². The van der Waals surface area contributed by atoms with E-state index in [1.54, 1.807) is 0 Å². The summed E-state index contributed by atoms with van der Waals surface area (Å²) >= 11 is 0. The molecule has 3 nitrogen and oxygen atoms in total. The van der Waals surface area contributed by atoms with E-state index in [0.717, 1.165) is 50.9 Å². The third-order valence-corrected chi connectivity index (χ3v) is 4.17. The molecule has 0 aliphatic carbocycles. The highest BCUT2D eigenvalue weighted by Crippen LogP contribution is 2.24. The van der Waals surface area contributed by atoms with Crippen LogP contribution in [0.15, 0.2) is 18.2 Å². The molecule has 20 heavy (non-hydrogen) atoms. The van der Waals surface area contributed by atoms with E-state index in [1.165, 1.54) is 11.1 Å². The van der Waals surface area contributed by atoms with Gasteiger partial charge in [0.05, 0.1) is 0 Å². The van der Waals surface area contributed by atoms with Crippen LogP contribution in [0.4, 0.5) is 5.69 Å². The zero-order valence-corrected chi connectivity index (χ0v) is 12.7. The largest absolute Gasteiger partial charge is 0.326 e. The summed E-state index contributed by atoms with van der Waals surface area (Å²) in [7, 11) is 0. The molecule has 1 unspecified atom stereocenters. The van der Waals surface area contributed by atoms with Crippen molar-refractivity contribution in [1.29, 1.82) is 0 Å². The van der Waals surface area contributed by atoms with Crippen LogP contribution in [-0.4, -0.2) is 12.5 Å². The normalized spacial score (nSPS) is 15.5. The van der Waals surface area contributed by atoms with E-state index in [-0.39, 0.29) is 11.8 Å². The highest BCUT2D eigenvalue weighted by molar-refractivity contribution is 5.93. The average molecular weight is 274 g/mol. The van der Waals surface area contributed by atoms with Crippen molar-refractivity contribution in [3.8, 4) is 0 Å². The van der Waals surface area contributed by atoms with Gasteiger partial charge in [-0.3, -0.25) is 4.79 Å². The number of hydrogen-bond donors (Lipinski definition) is 2. The summed E-state index contributed by atoms with van der Waals surface area (Å²) in [4.78, 5) is 12.4. The van der Waals surface area contributed by atoms with E-state index >= 15 is 0 Å². The number of unbranched alkanes of at least 4 members (excludes halogenated alkanes) is 1. The van der Waals surface area contributed by atoms with Crippen molar-refractivity contribution in [3.63, 3.8) is 0 Å². The minimum absolute atomic E-state index is 0.141. The fourth-order valence-corrected chi connectivity index (χ4v) is 2.84. The molecule has 3 heteroatoms. The predicted octanol–water partition coefficient (Wildman–Crippen LogP) is 3.49. The number of carbonyl (C=O) groups excluding carboxylic acids is 1. The van der Waals surface area contributed by atoms with Gasteiger partial charge in [-0.25, -0.2) is 0 Å². The van der Waals surface area contributed by atoms with Crippen LogP contribution in [0, 0.1) is 5.92 Å². The van der Waals surface area contributed by atoms with Gasteiger partial charge in [-0.2, -0.15) is 0 Å². The van der Waals surface area contributed by atoms with Crippen molar-refractivity contribution in [2.75, 3.05) is 11.9 Å². The first-order chi connectivity index (χ1) is 9.76. The van der Waals surface area contributed by atoms with Crippen molar-refractivity contribution in [2.45, 2.75) is 52.5 Å². The molecule has 0 bridgehead atoms. The number of nitrogens with one attached hydrogen (secondary N) is 2. The fraction of sp³-hybridized carbons (Fsp3) is 0.588. The zero-order valence-electron chi connectivity index (χ0n) is 12.7. The van der Waals surface area contributed by atoms with E-state index < -0.39 is 0 Å². The Hall–Kier alpha value is -1.35. The third-order valence-electron chi connectivity index (χ3n) is 4.17. The van der Waals surface area contributed by atoms with Crippen LogP contribution in [0.25, 0.3) is 0 Å². The molecular weight excluding hydrogens is 248 g/mol. The van der Waals surface area contributed by atoms with Crippen molar-refractivity contribution in [2.24, 2.45) is 5.92 Å². The van der Waals surface area contributed by atoms with Gasteiger partial charge in [0.2, 0.25) is 5.91 Å². The first-order valence-corrected chi connectivity index (χ1v) is 7.88. The molecule has 0 aromatic heterocycles. The summed E-state index contributed by atoms with van der Waals surface area (Å²) in [6.07, 6.45) is 5.23. The Kier molecular flexibility index (Phi) is 5.60. The van der Waals surface area contributed by atoms with Gasteiger partial charge in [0.1, 0.15) is 0 Å². The van der Waals surface area contributed by atoms with Crippen LogP contribution >= 0.6 is 0 Å². The minimum atomic E-state index is 0.141. The second-order valence-corrected chi connectivity index (χ2v) is 5.61. The lowest BCUT2D eigenvalue weighted by Gasteiger charge is -2.22. The Morgan fingerprint density at radius 1 is 1.40 bits per heavy atom. The number of amides is 1. The minimum Gasteiger partial charge on any atom is -0.326 e. The lowest BCUT2D eigenvalue weighted by atomic mass is 9.96. The molecule has 0 saturated heterocycles. The Morgan fingerprint density at radius 3 is 3.00 bits per heavy atom. The number of benzene rings is 1. The van der Waals surface area contributed by atoms with Crippen LogP contribution in [0.5, 0.6) is 0 Å². The molecule has 110 valence electrons. The number of rotatable bonds is 6. The maximum Gasteiger partial charge on any atom is 0.227 e. The molecule has 1 aliphatic rings. The SMILES string of the molecule is CCCCC(CC)C(=O)Nc1cccc2c1CNCC2. The van der Waals surface area contributed by atoms with E-state index in [9.17, 15) is 4.79 Å². The topological polar surface area (TPSA) is 41.1 Å². The van der Waals surface area contributed by atoms with Gasteiger partial charge in [-0.05, 0) is 43.0 Å². The van der Waals surface area contributed by atoms with Crippen LogP contribution in [0.3, 0.4) is 0 Å². The van der Waals surface area contributed by atoms with Crippen LogP contribution in [0.1, 0.15) is 50.7 Å². The molecule has 2 N–H and O–H groups in total. The van der Waals surface area contributed by atoms with Crippen molar-refractivity contribution in [3.05, 3.63) is 29.3 Å². The summed E-state index contributed by atoms with van der Waals surface area (Å²) in [6.45, 7) is 6.15. The highest BCUT2D eigenvalue weighted by atomic mass is 16.1. The van der Waals surface area contributed by atoms with E-state index in [4.69, 9.17) is 0 Å². The van der Waals surface area contributed by atoms with Gasteiger partial charge in [-0.15, -0.1) is 0 Å². The molecule has 0 radical (unpaired) electrons. The first-order valence-electron chi connectivity index (χ1n) is 7.88. The quantitative estimate of drug-likeness (QED) is 0.833. The summed E-state index contributed by atoms with van der Waals surface area (Å²) in [5.74, 6) is 0.322. The molecule has 0 saturated carbocycles. The van der Waals surface area contributed by atoms with Gasteiger partial charge in [0, 0.05) is 18.2 Å². The zero-order chi connectivity index (χ0) is 14.4. The van der Waals surface area contributed by atoms with Crippen molar-refractivity contribution in [1.82, 2.24) is 5.32 Å². The third kappa shape index (κ3) is 3.60. The molecule has 1 heterocycles. The Morgan fingerprint density at radius 2 is 2.25 bits per heavy atom. The molecule has 1 aromatic rings. The molecule has 1 atom stereocenters. The summed E-state index contributed by atoms with van der Waals surface area (Å²) in [6, 6.07) is 6.24.